The van der Waals surface area contributed by atoms with Crippen molar-refractivity contribution >= 4 is 29.2 Å². The molecule has 0 atom stereocenters. The molecular weight excluding hydrogens is 443 g/mol. The smallest absolute Gasteiger partial charge is 0.330 e. The number of hydrogen-bond donors (Lipinski definition) is 0. The molecule has 0 fully saturated rings. The summed E-state index contributed by atoms with van der Waals surface area (Å²) >= 11 is 6.79. The van der Waals surface area contributed by atoms with Crippen molar-refractivity contribution in [3.63, 3.8) is 0 Å². The molecule has 0 radical (unpaired) electrons. The van der Waals surface area contributed by atoms with Gasteiger partial charge in [0.05, 0.1) is 24.2 Å². The molecule has 0 spiro atoms. The molecule has 1 aliphatic heterocycles. The van der Waals surface area contributed by atoms with E-state index in [0.717, 1.165) is 5.56 Å². The Hall–Kier alpha value is -2.53. The zero-order valence-corrected chi connectivity index (χ0v) is 21.5. The Morgan fingerprint density at radius 1 is 1.27 bits per heavy atom. The van der Waals surface area contributed by atoms with Gasteiger partial charge in [-0.1, -0.05) is 19.1 Å². The van der Waals surface area contributed by atoms with Gasteiger partial charge < -0.3 is 14.2 Å². The monoisotopic (exact) mass is 476 g/mol. The highest BCUT2D eigenvalue weighted by Gasteiger charge is 2.35. The molecule has 0 N–H and O–H groups in total. The number of alkyl halides is 1. The largest absolute Gasteiger partial charge is 0.496 e. The van der Waals surface area contributed by atoms with Gasteiger partial charge in [0.15, 0.2) is 0 Å². The number of carbonyl (C=O) groups is 1. The molecule has 0 saturated carbocycles. The average molecular weight is 477 g/mol. The lowest BCUT2D eigenvalue weighted by molar-refractivity contribution is -0.137. The molecule has 180 valence electrons. The first-order valence-corrected chi connectivity index (χ1v) is 11.5. The summed E-state index contributed by atoms with van der Waals surface area (Å²) in [6, 6.07) is 1.87. The predicted octanol–water partition coefficient (Wildman–Crippen LogP) is 7.51. The number of esters is 1. The summed E-state index contributed by atoms with van der Waals surface area (Å²) in [7, 11) is 1.55. The molecule has 0 aliphatic carbocycles. The first kappa shape index (κ1) is 26.7. The molecule has 2 rings (SSSR count). The topological polar surface area (TPSA) is 44.8 Å². The van der Waals surface area contributed by atoms with Crippen LogP contribution in [0.2, 0.25) is 0 Å². The summed E-state index contributed by atoms with van der Waals surface area (Å²) in [6.45, 7) is 13.3. The molecule has 0 unspecified atom stereocenters. The van der Waals surface area contributed by atoms with Gasteiger partial charge in [-0.25, -0.2) is 9.18 Å². The van der Waals surface area contributed by atoms with Crippen LogP contribution in [0, 0.1) is 0 Å². The van der Waals surface area contributed by atoms with Gasteiger partial charge in [-0.05, 0) is 77.3 Å². The van der Waals surface area contributed by atoms with Crippen molar-refractivity contribution in [2.45, 2.75) is 65.4 Å². The van der Waals surface area contributed by atoms with Crippen LogP contribution in [-0.2, 0) is 14.4 Å². The number of rotatable bonds is 8. The Bertz CT molecular complexity index is 1020. The van der Waals surface area contributed by atoms with E-state index in [9.17, 15) is 4.79 Å². The number of methoxy groups -OCH3 is 1. The Labute approximate surface area is 201 Å². The Balaban J connectivity index is 2.68. The fourth-order valence-corrected chi connectivity index (χ4v) is 3.85. The van der Waals surface area contributed by atoms with E-state index in [1.54, 1.807) is 27.0 Å². The Kier molecular flexibility index (Phi) is 8.58. The summed E-state index contributed by atoms with van der Waals surface area (Å²) in [5.41, 5.74) is 2.65. The van der Waals surface area contributed by atoms with Crippen LogP contribution in [0.15, 0.2) is 41.8 Å². The van der Waals surface area contributed by atoms with Crippen LogP contribution in [-0.4, -0.2) is 25.3 Å². The van der Waals surface area contributed by atoms with Crippen LogP contribution in [0.4, 0.5) is 4.39 Å². The van der Waals surface area contributed by atoms with Gasteiger partial charge in [-0.3, -0.25) is 0 Å². The number of ether oxygens (including phenoxy) is 3. The number of benzene rings is 1. The van der Waals surface area contributed by atoms with Crippen molar-refractivity contribution in [3.05, 3.63) is 58.5 Å². The van der Waals surface area contributed by atoms with Crippen molar-refractivity contribution in [2.75, 3.05) is 13.7 Å². The van der Waals surface area contributed by atoms with Crippen molar-refractivity contribution in [2.24, 2.45) is 0 Å². The maximum Gasteiger partial charge on any atom is 0.330 e. The summed E-state index contributed by atoms with van der Waals surface area (Å²) in [5.74, 6) is 0.244. The molecule has 1 heterocycles. The van der Waals surface area contributed by atoms with Crippen molar-refractivity contribution < 1.29 is 23.4 Å². The van der Waals surface area contributed by atoms with Gasteiger partial charge in [-0.15, -0.1) is 11.6 Å². The highest BCUT2D eigenvalue weighted by molar-refractivity contribution is 6.24. The normalized spacial score (nSPS) is 16.2. The van der Waals surface area contributed by atoms with Crippen molar-refractivity contribution in [1.29, 1.82) is 0 Å². The lowest BCUT2D eigenvalue weighted by atomic mass is 9.88. The molecule has 1 aliphatic rings. The SMILES string of the molecule is CCOC(=O)/C=C(C)/C=C/C(F)=C(/CC)c1cc2c(c(C(C)(C)Cl)c1OC)OC(C)(C)C=C2. The lowest BCUT2D eigenvalue weighted by Gasteiger charge is -2.34. The molecule has 1 aromatic carbocycles. The second-order valence-corrected chi connectivity index (χ2v) is 9.86. The predicted molar refractivity (Wildman–Crippen MR) is 133 cm³/mol. The van der Waals surface area contributed by atoms with Gasteiger partial charge in [0, 0.05) is 17.2 Å². The second kappa shape index (κ2) is 10.6. The van der Waals surface area contributed by atoms with Gasteiger partial charge in [0.25, 0.3) is 0 Å². The standard InChI is InChI=1S/C27H34ClFO4/c1-9-19(21(29)12-11-17(3)15-22(30)32-10-2)20-16-18-13-14-26(4,5)33-24(18)23(25(20)31-8)27(6,7)28/h11-16H,9-10H2,1-8H3/b12-11+,17-15+,21-19+. The maximum atomic E-state index is 15.4. The fourth-order valence-electron chi connectivity index (χ4n) is 3.68. The van der Waals surface area contributed by atoms with Crippen LogP contribution >= 0.6 is 11.6 Å². The fraction of sp³-hybridized carbons (Fsp3) is 0.444. The van der Waals surface area contributed by atoms with Gasteiger partial charge in [0.1, 0.15) is 22.9 Å². The quantitative estimate of drug-likeness (QED) is 0.168. The van der Waals surface area contributed by atoms with E-state index < -0.39 is 22.3 Å². The Morgan fingerprint density at radius 3 is 2.48 bits per heavy atom. The Morgan fingerprint density at radius 2 is 1.94 bits per heavy atom. The number of fused-ring (bicyclic) bond motifs is 1. The van der Waals surface area contributed by atoms with E-state index in [0.29, 0.717) is 40.2 Å². The van der Waals surface area contributed by atoms with E-state index >= 15 is 4.39 Å². The summed E-state index contributed by atoms with van der Waals surface area (Å²) in [4.78, 5) is 10.8. The summed E-state index contributed by atoms with van der Waals surface area (Å²) in [6.07, 6.45) is 8.59. The molecule has 33 heavy (non-hydrogen) atoms. The van der Waals surface area contributed by atoms with Crippen LogP contribution in [0.3, 0.4) is 0 Å². The van der Waals surface area contributed by atoms with Crippen LogP contribution < -0.4 is 9.47 Å². The number of hydrogen-bond acceptors (Lipinski definition) is 4. The highest BCUT2D eigenvalue weighted by Crippen LogP contribution is 2.50. The van der Waals surface area contributed by atoms with Crippen LogP contribution in [0.25, 0.3) is 11.6 Å². The third-order valence-corrected chi connectivity index (χ3v) is 5.37. The van der Waals surface area contributed by atoms with E-state index in [2.05, 4.69) is 0 Å². The molecule has 0 bridgehead atoms. The van der Waals surface area contributed by atoms with Gasteiger partial charge >= 0.3 is 5.97 Å². The molecule has 0 aromatic heterocycles. The van der Waals surface area contributed by atoms with Gasteiger partial charge in [-0.2, -0.15) is 0 Å². The van der Waals surface area contributed by atoms with E-state index in [1.165, 1.54) is 12.2 Å². The third-order valence-electron chi connectivity index (χ3n) is 5.18. The molecule has 6 heteroatoms. The second-order valence-electron chi connectivity index (χ2n) is 8.92. The summed E-state index contributed by atoms with van der Waals surface area (Å²) < 4.78 is 32.4. The zero-order chi connectivity index (χ0) is 25.0. The minimum atomic E-state index is -0.823. The van der Waals surface area contributed by atoms with Gasteiger partial charge in [0.2, 0.25) is 0 Å². The first-order chi connectivity index (χ1) is 15.3. The first-order valence-electron chi connectivity index (χ1n) is 11.1. The molecular formula is C27H34ClFO4. The third kappa shape index (κ3) is 6.50. The van der Waals surface area contributed by atoms with Crippen molar-refractivity contribution in [1.82, 2.24) is 0 Å². The van der Waals surface area contributed by atoms with E-state index in [-0.39, 0.29) is 6.61 Å². The van der Waals surface area contributed by atoms with Crippen LogP contribution in [0.5, 0.6) is 11.5 Å². The van der Waals surface area contributed by atoms with E-state index in [4.69, 9.17) is 25.8 Å². The number of halogens is 2. The summed E-state index contributed by atoms with van der Waals surface area (Å²) in [5, 5.41) is 0. The zero-order valence-electron chi connectivity index (χ0n) is 20.8. The molecule has 1 aromatic rings. The van der Waals surface area contributed by atoms with E-state index in [1.807, 2.05) is 52.8 Å². The minimum Gasteiger partial charge on any atom is -0.496 e. The number of allylic oxidation sites excluding steroid dienone is 5. The molecule has 0 amide bonds. The molecule has 0 saturated heterocycles. The van der Waals surface area contributed by atoms with Crippen molar-refractivity contribution in [3.8, 4) is 11.5 Å². The maximum absolute atomic E-state index is 15.4. The number of carbonyl (C=O) groups excluding carboxylic acids is 1. The average Bonchev–Trinajstić information content (AvgIpc) is 2.70. The van der Waals surface area contributed by atoms with Crippen LogP contribution in [0.1, 0.15) is 71.6 Å². The highest BCUT2D eigenvalue weighted by atomic mass is 35.5. The minimum absolute atomic E-state index is 0.285. The molecule has 4 nitrogen and oxygen atoms in total. The lowest BCUT2D eigenvalue weighted by Crippen LogP contribution is -2.29.